The Bertz CT molecular complexity index is 541. The maximum atomic E-state index is 5.53. The van der Waals surface area contributed by atoms with E-state index in [0.717, 1.165) is 27.2 Å². The maximum Gasteiger partial charge on any atom is 0.205 e. The minimum atomic E-state index is 0.592. The minimum absolute atomic E-state index is 0.592. The number of hydrogen-bond donors (Lipinski definition) is 1. The Kier molecular flexibility index (Phi) is 2.56. The first-order valence-electron chi connectivity index (χ1n) is 5.28. The number of fused-ring (bicyclic) bond motifs is 1. The van der Waals surface area contributed by atoms with Gasteiger partial charge in [0.05, 0.1) is 0 Å². The van der Waals surface area contributed by atoms with E-state index in [1.807, 2.05) is 25.2 Å². The molecule has 1 aliphatic heterocycles. The molecule has 1 aromatic heterocycles. The molecule has 0 spiro atoms. The quantitative estimate of drug-likeness (QED) is 0.882. The van der Waals surface area contributed by atoms with Gasteiger partial charge in [0.2, 0.25) is 5.13 Å². The van der Waals surface area contributed by atoms with Gasteiger partial charge in [-0.1, -0.05) is 11.3 Å². The first kappa shape index (κ1) is 10.3. The van der Waals surface area contributed by atoms with Gasteiger partial charge in [-0.15, -0.1) is 10.2 Å². The number of rotatable bonds is 2. The second-order valence-electron chi connectivity index (χ2n) is 3.52. The van der Waals surface area contributed by atoms with E-state index in [4.69, 9.17) is 9.47 Å². The molecule has 0 radical (unpaired) electrons. The largest absolute Gasteiger partial charge is 0.486 e. The van der Waals surface area contributed by atoms with Crippen LogP contribution in [0.4, 0.5) is 5.13 Å². The molecule has 0 fully saturated rings. The lowest BCUT2D eigenvalue weighted by Gasteiger charge is -2.18. The Morgan fingerprint density at radius 3 is 2.76 bits per heavy atom. The monoisotopic (exact) mass is 249 g/mol. The van der Waals surface area contributed by atoms with Crippen molar-refractivity contribution >= 4 is 16.5 Å². The van der Waals surface area contributed by atoms with Gasteiger partial charge in [-0.2, -0.15) is 0 Å². The van der Waals surface area contributed by atoms with Crippen LogP contribution in [-0.2, 0) is 0 Å². The molecule has 2 heterocycles. The topological polar surface area (TPSA) is 56.3 Å². The smallest absolute Gasteiger partial charge is 0.205 e. The highest BCUT2D eigenvalue weighted by Gasteiger charge is 2.14. The fraction of sp³-hybridized carbons (Fsp3) is 0.273. The second-order valence-corrected chi connectivity index (χ2v) is 4.50. The van der Waals surface area contributed by atoms with Crippen LogP contribution in [0.15, 0.2) is 18.2 Å². The Hall–Kier alpha value is -1.82. The molecule has 1 aromatic carbocycles. The zero-order valence-electron chi connectivity index (χ0n) is 9.27. The van der Waals surface area contributed by atoms with Crippen LogP contribution in [0.2, 0.25) is 0 Å². The zero-order chi connectivity index (χ0) is 11.7. The Morgan fingerprint density at radius 2 is 2.00 bits per heavy atom. The third kappa shape index (κ3) is 1.91. The Labute approximate surface area is 102 Å². The highest BCUT2D eigenvalue weighted by Crippen LogP contribution is 2.35. The molecule has 0 saturated heterocycles. The summed E-state index contributed by atoms with van der Waals surface area (Å²) in [5.41, 5.74) is 0.994. The predicted molar refractivity (Wildman–Crippen MR) is 65.9 cm³/mol. The first-order valence-corrected chi connectivity index (χ1v) is 6.10. The summed E-state index contributed by atoms with van der Waals surface area (Å²) in [5, 5.41) is 12.8. The molecule has 0 aliphatic carbocycles. The van der Waals surface area contributed by atoms with E-state index in [2.05, 4.69) is 15.5 Å². The van der Waals surface area contributed by atoms with E-state index in [0.29, 0.717) is 13.2 Å². The van der Waals surface area contributed by atoms with Crippen LogP contribution >= 0.6 is 11.3 Å². The third-order valence-electron chi connectivity index (χ3n) is 2.43. The van der Waals surface area contributed by atoms with Gasteiger partial charge in [-0.05, 0) is 18.2 Å². The van der Waals surface area contributed by atoms with E-state index in [9.17, 15) is 0 Å². The van der Waals surface area contributed by atoms with Crippen LogP contribution in [0.3, 0.4) is 0 Å². The number of aromatic nitrogens is 2. The van der Waals surface area contributed by atoms with Crippen molar-refractivity contribution in [2.75, 3.05) is 25.6 Å². The molecule has 88 valence electrons. The van der Waals surface area contributed by atoms with Crippen molar-refractivity contribution in [1.29, 1.82) is 0 Å². The van der Waals surface area contributed by atoms with Gasteiger partial charge in [0.1, 0.15) is 18.2 Å². The van der Waals surface area contributed by atoms with Gasteiger partial charge < -0.3 is 14.8 Å². The van der Waals surface area contributed by atoms with Crippen LogP contribution < -0.4 is 14.8 Å². The van der Waals surface area contributed by atoms with Crippen molar-refractivity contribution in [2.24, 2.45) is 0 Å². The SMILES string of the molecule is CNc1nnc(-c2ccc3c(c2)OCCO3)s1. The molecule has 0 atom stereocenters. The highest BCUT2D eigenvalue weighted by atomic mass is 32.1. The van der Waals surface area contributed by atoms with Gasteiger partial charge in [-0.3, -0.25) is 0 Å². The Morgan fingerprint density at radius 1 is 1.18 bits per heavy atom. The fourth-order valence-corrected chi connectivity index (χ4v) is 2.31. The standard InChI is InChI=1S/C11H11N3O2S/c1-12-11-14-13-10(17-11)7-2-3-8-9(6-7)16-5-4-15-8/h2-3,6H,4-5H2,1H3,(H,12,14). The van der Waals surface area contributed by atoms with Gasteiger partial charge in [0.25, 0.3) is 0 Å². The molecule has 1 aliphatic rings. The van der Waals surface area contributed by atoms with Crippen LogP contribution in [0.5, 0.6) is 11.5 Å². The number of hydrogen-bond acceptors (Lipinski definition) is 6. The first-order chi connectivity index (χ1) is 8.36. The number of nitrogens with one attached hydrogen (secondary N) is 1. The van der Waals surface area contributed by atoms with Crippen molar-refractivity contribution < 1.29 is 9.47 Å². The summed E-state index contributed by atoms with van der Waals surface area (Å²) < 4.78 is 11.0. The number of nitrogens with zero attached hydrogens (tertiary/aromatic N) is 2. The van der Waals surface area contributed by atoms with Crippen molar-refractivity contribution in [3.8, 4) is 22.1 Å². The van der Waals surface area contributed by atoms with E-state index < -0.39 is 0 Å². The van der Waals surface area contributed by atoms with Crippen LogP contribution in [0, 0.1) is 0 Å². The average Bonchev–Trinajstić information content (AvgIpc) is 2.87. The summed E-state index contributed by atoms with van der Waals surface area (Å²) in [6, 6.07) is 5.81. The highest BCUT2D eigenvalue weighted by molar-refractivity contribution is 7.18. The second kappa shape index (κ2) is 4.21. The lowest BCUT2D eigenvalue weighted by Crippen LogP contribution is -2.15. The molecule has 0 bridgehead atoms. The zero-order valence-corrected chi connectivity index (χ0v) is 10.1. The van der Waals surface area contributed by atoms with E-state index >= 15 is 0 Å². The number of anilines is 1. The summed E-state index contributed by atoms with van der Waals surface area (Å²) in [5.74, 6) is 1.56. The number of ether oxygens (including phenoxy) is 2. The third-order valence-corrected chi connectivity index (χ3v) is 3.42. The van der Waals surface area contributed by atoms with Crippen LogP contribution in [0.1, 0.15) is 0 Å². The Balaban J connectivity index is 1.97. The number of benzene rings is 1. The molecular formula is C11H11N3O2S. The van der Waals surface area contributed by atoms with Crippen LogP contribution in [0.25, 0.3) is 10.6 Å². The summed E-state index contributed by atoms with van der Waals surface area (Å²) in [6.45, 7) is 1.20. The summed E-state index contributed by atoms with van der Waals surface area (Å²) >= 11 is 1.51. The predicted octanol–water partition coefficient (Wildman–Crippen LogP) is 2.02. The van der Waals surface area contributed by atoms with Crippen molar-refractivity contribution in [2.45, 2.75) is 0 Å². The van der Waals surface area contributed by atoms with E-state index in [1.54, 1.807) is 0 Å². The van der Waals surface area contributed by atoms with Crippen molar-refractivity contribution in [3.63, 3.8) is 0 Å². The van der Waals surface area contributed by atoms with Gasteiger partial charge in [0, 0.05) is 12.6 Å². The molecule has 3 rings (SSSR count). The van der Waals surface area contributed by atoms with E-state index in [-0.39, 0.29) is 0 Å². The molecule has 17 heavy (non-hydrogen) atoms. The normalized spacial score (nSPS) is 13.5. The summed E-state index contributed by atoms with van der Waals surface area (Å²) in [6.07, 6.45) is 0. The van der Waals surface area contributed by atoms with Gasteiger partial charge in [0.15, 0.2) is 11.5 Å². The molecule has 0 saturated carbocycles. The molecule has 1 N–H and O–H groups in total. The lowest BCUT2D eigenvalue weighted by atomic mass is 10.2. The van der Waals surface area contributed by atoms with E-state index in [1.165, 1.54) is 11.3 Å². The molecule has 6 heteroatoms. The molecular weight excluding hydrogens is 238 g/mol. The van der Waals surface area contributed by atoms with Crippen LogP contribution in [-0.4, -0.2) is 30.5 Å². The minimum Gasteiger partial charge on any atom is -0.486 e. The molecule has 5 nitrogen and oxygen atoms in total. The van der Waals surface area contributed by atoms with Gasteiger partial charge >= 0.3 is 0 Å². The summed E-state index contributed by atoms with van der Waals surface area (Å²) in [4.78, 5) is 0. The lowest BCUT2D eigenvalue weighted by molar-refractivity contribution is 0.171. The maximum absolute atomic E-state index is 5.53. The van der Waals surface area contributed by atoms with Crippen molar-refractivity contribution in [3.05, 3.63) is 18.2 Å². The molecule has 0 amide bonds. The average molecular weight is 249 g/mol. The summed E-state index contributed by atoms with van der Waals surface area (Å²) in [7, 11) is 1.83. The fourth-order valence-electron chi connectivity index (χ4n) is 1.62. The van der Waals surface area contributed by atoms with Gasteiger partial charge in [-0.25, -0.2) is 0 Å². The molecule has 2 aromatic rings. The molecule has 0 unspecified atom stereocenters. The van der Waals surface area contributed by atoms with Crippen molar-refractivity contribution in [1.82, 2.24) is 10.2 Å².